The van der Waals surface area contributed by atoms with Gasteiger partial charge < -0.3 is 89.9 Å². The first-order valence-corrected chi connectivity index (χ1v) is 28.9. The molecule has 0 aromatic heterocycles. The maximum atomic E-state index is 13.2. The van der Waals surface area contributed by atoms with Gasteiger partial charge in [-0.25, -0.2) is 0 Å². The van der Waals surface area contributed by atoms with E-state index < -0.39 is 124 Å². The van der Waals surface area contributed by atoms with Crippen LogP contribution in [0.5, 0.6) is 0 Å². The van der Waals surface area contributed by atoms with Crippen molar-refractivity contribution < 1.29 is 89.4 Å². The molecule has 3 fully saturated rings. The summed E-state index contributed by atoms with van der Waals surface area (Å²) in [7, 11) is 0. The van der Waals surface area contributed by atoms with Gasteiger partial charge in [0.1, 0.15) is 73.2 Å². The lowest BCUT2D eigenvalue weighted by Gasteiger charge is -2.48. The van der Waals surface area contributed by atoms with Crippen LogP contribution in [0.15, 0.2) is 12.2 Å². The summed E-state index contributed by atoms with van der Waals surface area (Å²) >= 11 is 0. The standard InChI is InChI=1S/C55H103NO18/c1-3-5-7-9-11-13-15-16-17-18-19-20-21-23-24-26-28-30-32-39(60)38(56-43(61)33-31-29-27-25-22-14-12-10-8-6-4-2)37-69-53-49(67)46(64)51(41(35-58)71-53)74-55-50(68)47(65)52(42(36-59)72-55)73-54-48(66)45(63)44(62)40(34-57)70-54/h30,32,38-42,44-55,57-60,62-68H,3-29,31,33-37H2,1-2H3,(H,56,61)/b32-30+. The van der Waals surface area contributed by atoms with E-state index in [0.29, 0.717) is 6.42 Å². The largest absolute Gasteiger partial charge is 0.394 e. The number of nitrogens with one attached hydrogen (secondary N) is 1. The Balaban J connectivity index is 1.52. The zero-order valence-electron chi connectivity index (χ0n) is 45.1. The number of aliphatic hydroxyl groups is 11. The van der Waals surface area contributed by atoms with Crippen LogP contribution >= 0.6 is 0 Å². The fourth-order valence-corrected chi connectivity index (χ4v) is 10.0. The van der Waals surface area contributed by atoms with Crippen molar-refractivity contribution in [3.63, 3.8) is 0 Å². The molecule has 0 saturated carbocycles. The van der Waals surface area contributed by atoms with E-state index in [9.17, 15) is 61.0 Å². The van der Waals surface area contributed by atoms with Crippen molar-refractivity contribution in [3.8, 4) is 0 Å². The van der Waals surface area contributed by atoms with Crippen molar-refractivity contribution >= 4 is 5.91 Å². The van der Waals surface area contributed by atoms with Crippen molar-refractivity contribution in [2.24, 2.45) is 0 Å². The van der Waals surface area contributed by atoms with Gasteiger partial charge in [0.2, 0.25) is 5.91 Å². The molecular formula is C55H103NO18. The number of aliphatic hydroxyl groups excluding tert-OH is 11. The highest BCUT2D eigenvalue weighted by Gasteiger charge is 2.53. The lowest BCUT2D eigenvalue weighted by atomic mass is 9.96. The van der Waals surface area contributed by atoms with Crippen LogP contribution in [0.1, 0.15) is 200 Å². The second-order valence-corrected chi connectivity index (χ2v) is 21.1. The maximum absolute atomic E-state index is 13.2. The van der Waals surface area contributed by atoms with Crippen molar-refractivity contribution in [2.45, 2.75) is 304 Å². The van der Waals surface area contributed by atoms with Gasteiger partial charge in [0.25, 0.3) is 0 Å². The van der Waals surface area contributed by atoms with E-state index in [1.807, 2.05) is 6.08 Å². The predicted molar refractivity (Wildman–Crippen MR) is 277 cm³/mol. The molecule has 0 aromatic carbocycles. The molecule has 3 saturated heterocycles. The summed E-state index contributed by atoms with van der Waals surface area (Å²) in [6.07, 6.45) is 10.6. The Morgan fingerprint density at radius 3 is 1.27 bits per heavy atom. The molecular weight excluding hydrogens is 963 g/mol. The Morgan fingerprint density at radius 1 is 0.473 bits per heavy atom. The van der Waals surface area contributed by atoms with Crippen molar-refractivity contribution in [3.05, 3.63) is 12.2 Å². The second kappa shape index (κ2) is 39.8. The van der Waals surface area contributed by atoms with Gasteiger partial charge in [-0.2, -0.15) is 0 Å². The van der Waals surface area contributed by atoms with E-state index in [1.165, 1.54) is 128 Å². The monoisotopic (exact) mass is 1070 g/mol. The summed E-state index contributed by atoms with van der Waals surface area (Å²) in [5, 5.41) is 120. The molecule has 19 nitrogen and oxygen atoms in total. The van der Waals surface area contributed by atoms with Gasteiger partial charge in [-0.3, -0.25) is 4.79 Å². The number of allylic oxidation sites excluding steroid dienone is 1. The number of hydrogen-bond acceptors (Lipinski definition) is 18. The number of hydrogen-bond donors (Lipinski definition) is 12. The zero-order chi connectivity index (χ0) is 54.1. The summed E-state index contributed by atoms with van der Waals surface area (Å²) in [4.78, 5) is 13.2. The number of unbranched alkanes of at least 4 members (excludes halogenated alkanes) is 26. The SMILES string of the molecule is CCCCCCCCCCCCCCCCCC/C=C/C(O)C(COC1OC(CO)C(OC2OC(CO)C(OC3OC(CO)C(O)C(O)C3O)C(O)C2O)C(O)C1O)NC(=O)CCCCCCCCCCCCC. The Morgan fingerprint density at radius 2 is 0.838 bits per heavy atom. The van der Waals surface area contributed by atoms with Crippen molar-refractivity contribution in [1.29, 1.82) is 0 Å². The van der Waals surface area contributed by atoms with Gasteiger partial charge in [0, 0.05) is 6.42 Å². The lowest BCUT2D eigenvalue weighted by Crippen LogP contribution is -2.66. The van der Waals surface area contributed by atoms with Crippen LogP contribution in [0.2, 0.25) is 0 Å². The first-order valence-electron chi connectivity index (χ1n) is 28.9. The van der Waals surface area contributed by atoms with E-state index in [4.69, 9.17) is 28.4 Å². The van der Waals surface area contributed by atoms with Gasteiger partial charge in [-0.1, -0.05) is 187 Å². The molecule has 436 valence electrons. The first kappa shape index (κ1) is 66.8. The normalized spacial score (nSPS) is 31.5. The molecule has 0 spiro atoms. The quantitative estimate of drug-likeness (QED) is 0.0301. The zero-order valence-corrected chi connectivity index (χ0v) is 45.1. The van der Waals surface area contributed by atoms with Crippen molar-refractivity contribution in [2.75, 3.05) is 26.4 Å². The van der Waals surface area contributed by atoms with Gasteiger partial charge in [-0.05, 0) is 19.3 Å². The minimum Gasteiger partial charge on any atom is -0.394 e. The minimum absolute atomic E-state index is 0.248. The summed E-state index contributed by atoms with van der Waals surface area (Å²) in [5.41, 5.74) is 0. The van der Waals surface area contributed by atoms with Crippen LogP contribution in [0.4, 0.5) is 0 Å². The van der Waals surface area contributed by atoms with E-state index in [1.54, 1.807) is 6.08 Å². The molecule has 0 bridgehead atoms. The molecule has 19 heteroatoms. The molecule has 0 radical (unpaired) electrons. The number of carbonyl (C=O) groups excluding carboxylic acids is 1. The first-order chi connectivity index (χ1) is 35.8. The van der Waals surface area contributed by atoms with E-state index in [0.717, 1.165) is 44.9 Å². The maximum Gasteiger partial charge on any atom is 0.220 e. The van der Waals surface area contributed by atoms with Crippen molar-refractivity contribution in [1.82, 2.24) is 5.32 Å². The molecule has 0 aliphatic carbocycles. The summed E-state index contributed by atoms with van der Waals surface area (Å²) in [6.45, 7) is 1.71. The number of amides is 1. The van der Waals surface area contributed by atoms with E-state index in [2.05, 4.69) is 19.2 Å². The third-order valence-electron chi connectivity index (χ3n) is 14.8. The molecule has 12 N–H and O–H groups in total. The summed E-state index contributed by atoms with van der Waals surface area (Å²) < 4.78 is 34.2. The third kappa shape index (κ3) is 24.3. The number of rotatable bonds is 42. The van der Waals surface area contributed by atoms with Gasteiger partial charge >= 0.3 is 0 Å². The number of ether oxygens (including phenoxy) is 6. The fraction of sp³-hybridized carbons (Fsp3) is 0.945. The molecule has 3 rings (SSSR count). The molecule has 74 heavy (non-hydrogen) atoms. The summed E-state index contributed by atoms with van der Waals surface area (Å²) in [5.74, 6) is -0.276. The molecule has 3 aliphatic heterocycles. The molecule has 1 amide bonds. The smallest absolute Gasteiger partial charge is 0.220 e. The van der Waals surface area contributed by atoms with Crippen LogP contribution in [-0.2, 0) is 33.2 Å². The fourth-order valence-electron chi connectivity index (χ4n) is 10.0. The Hall–Kier alpha value is -1.47. The molecule has 17 atom stereocenters. The minimum atomic E-state index is -1.97. The highest BCUT2D eigenvalue weighted by Crippen LogP contribution is 2.33. The van der Waals surface area contributed by atoms with E-state index in [-0.39, 0.29) is 18.9 Å². The highest BCUT2D eigenvalue weighted by atomic mass is 16.8. The lowest BCUT2D eigenvalue weighted by molar-refractivity contribution is -0.379. The molecule has 0 aromatic rings. The summed E-state index contributed by atoms with van der Waals surface area (Å²) in [6, 6.07) is -0.965. The Kier molecular flexibility index (Phi) is 35.9. The topological polar surface area (TPSA) is 307 Å². The van der Waals surface area contributed by atoms with Gasteiger partial charge in [0.05, 0.1) is 38.6 Å². The Bertz CT molecular complexity index is 1410. The van der Waals surface area contributed by atoms with Crippen LogP contribution in [0.3, 0.4) is 0 Å². The molecule has 3 aliphatic rings. The number of carbonyl (C=O) groups is 1. The Labute approximate surface area is 442 Å². The average Bonchev–Trinajstić information content (AvgIpc) is 3.40. The van der Waals surface area contributed by atoms with Crippen LogP contribution in [-0.4, -0.2) is 193 Å². The highest BCUT2D eigenvalue weighted by molar-refractivity contribution is 5.76. The molecule has 3 heterocycles. The van der Waals surface area contributed by atoms with Crippen LogP contribution in [0, 0.1) is 0 Å². The van der Waals surface area contributed by atoms with Crippen LogP contribution < -0.4 is 5.32 Å². The third-order valence-corrected chi connectivity index (χ3v) is 14.8. The van der Waals surface area contributed by atoms with E-state index >= 15 is 0 Å². The second-order valence-electron chi connectivity index (χ2n) is 21.1. The van der Waals surface area contributed by atoms with Crippen LogP contribution in [0.25, 0.3) is 0 Å². The van der Waals surface area contributed by atoms with Gasteiger partial charge in [0.15, 0.2) is 18.9 Å². The molecule has 17 unspecified atom stereocenters. The predicted octanol–water partition coefficient (Wildman–Crippen LogP) is 4.21. The van der Waals surface area contributed by atoms with Gasteiger partial charge in [-0.15, -0.1) is 0 Å². The average molecular weight is 1070 g/mol.